The maximum absolute atomic E-state index is 5.49. The maximum atomic E-state index is 5.49. The summed E-state index contributed by atoms with van der Waals surface area (Å²) in [6.07, 6.45) is 2.95. The van der Waals surface area contributed by atoms with Crippen LogP contribution in [0.5, 0.6) is 0 Å². The van der Waals surface area contributed by atoms with Gasteiger partial charge in [-0.3, -0.25) is 4.90 Å². The molecule has 1 aromatic heterocycles. The summed E-state index contributed by atoms with van der Waals surface area (Å²) in [5, 5.41) is 3.58. The number of nitrogens with zero attached hydrogens (tertiary/aromatic N) is 1. The molecule has 98 valence electrons. The second-order valence-electron chi connectivity index (χ2n) is 5.43. The summed E-state index contributed by atoms with van der Waals surface area (Å²) in [7, 11) is 4.17. The van der Waals surface area contributed by atoms with Crippen LogP contribution in [0, 0.1) is 5.92 Å². The Bertz CT molecular complexity index is 293. The quantitative estimate of drug-likeness (QED) is 0.791. The normalized spacial score (nSPS) is 15.5. The monoisotopic (exact) mass is 238 g/mol. The van der Waals surface area contributed by atoms with Crippen LogP contribution < -0.4 is 5.32 Å². The highest BCUT2D eigenvalue weighted by atomic mass is 16.3. The Morgan fingerprint density at radius 3 is 2.47 bits per heavy atom. The number of rotatable bonds is 7. The average Bonchev–Trinajstić information content (AvgIpc) is 2.69. The van der Waals surface area contributed by atoms with Crippen molar-refractivity contribution < 1.29 is 4.42 Å². The molecule has 17 heavy (non-hydrogen) atoms. The van der Waals surface area contributed by atoms with Gasteiger partial charge in [0.1, 0.15) is 5.76 Å². The minimum atomic E-state index is 0.305. The van der Waals surface area contributed by atoms with Crippen molar-refractivity contribution in [3.8, 4) is 0 Å². The summed E-state index contributed by atoms with van der Waals surface area (Å²) in [6, 6.07) is 4.84. The van der Waals surface area contributed by atoms with Gasteiger partial charge < -0.3 is 9.73 Å². The predicted octanol–water partition coefficient (Wildman–Crippen LogP) is 2.91. The molecule has 0 fully saturated rings. The fraction of sp³-hybridized carbons (Fsp3) is 0.714. The van der Waals surface area contributed by atoms with Crippen LogP contribution in [-0.2, 0) is 0 Å². The van der Waals surface area contributed by atoms with Crippen LogP contribution in [0.1, 0.15) is 39.0 Å². The van der Waals surface area contributed by atoms with Crippen molar-refractivity contribution in [2.75, 3.05) is 20.6 Å². The predicted molar refractivity (Wildman–Crippen MR) is 72.1 cm³/mol. The summed E-state index contributed by atoms with van der Waals surface area (Å²) in [4.78, 5) is 2.19. The first-order valence-electron chi connectivity index (χ1n) is 6.44. The van der Waals surface area contributed by atoms with Crippen LogP contribution in [0.15, 0.2) is 22.8 Å². The van der Waals surface area contributed by atoms with Gasteiger partial charge in [-0.1, -0.05) is 13.8 Å². The largest absolute Gasteiger partial charge is 0.468 e. The lowest BCUT2D eigenvalue weighted by atomic mass is 10.0. The topological polar surface area (TPSA) is 28.4 Å². The molecule has 0 aliphatic carbocycles. The molecule has 0 aliphatic heterocycles. The maximum Gasteiger partial charge on any atom is 0.122 e. The highest BCUT2D eigenvalue weighted by molar-refractivity contribution is 5.05. The van der Waals surface area contributed by atoms with E-state index in [2.05, 4.69) is 45.1 Å². The average molecular weight is 238 g/mol. The highest BCUT2D eigenvalue weighted by Gasteiger charge is 2.17. The molecule has 0 saturated heterocycles. The van der Waals surface area contributed by atoms with E-state index in [1.165, 1.54) is 6.42 Å². The van der Waals surface area contributed by atoms with Crippen LogP contribution in [0.2, 0.25) is 0 Å². The molecule has 0 amide bonds. The highest BCUT2D eigenvalue weighted by Crippen LogP contribution is 2.18. The molecule has 0 radical (unpaired) electrons. The molecule has 0 bridgehead atoms. The Hall–Kier alpha value is -0.800. The molecule has 0 aliphatic rings. The molecular weight excluding hydrogens is 212 g/mol. The smallest absolute Gasteiger partial charge is 0.122 e. The second kappa shape index (κ2) is 6.82. The zero-order chi connectivity index (χ0) is 12.8. The van der Waals surface area contributed by atoms with Crippen LogP contribution >= 0.6 is 0 Å². The van der Waals surface area contributed by atoms with Crippen LogP contribution in [0.4, 0.5) is 0 Å². The Kier molecular flexibility index (Phi) is 5.72. The van der Waals surface area contributed by atoms with Crippen molar-refractivity contribution in [2.24, 2.45) is 5.92 Å². The van der Waals surface area contributed by atoms with E-state index in [1.54, 1.807) is 6.26 Å². The molecule has 0 spiro atoms. The third-order valence-electron chi connectivity index (χ3n) is 2.98. The lowest BCUT2D eigenvalue weighted by molar-refractivity contribution is 0.241. The summed E-state index contributed by atoms with van der Waals surface area (Å²) in [5.74, 6) is 1.76. The first-order valence-corrected chi connectivity index (χ1v) is 6.44. The zero-order valence-corrected chi connectivity index (χ0v) is 11.7. The van der Waals surface area contributed by atoms with Crippen molar-refractivity contribution in [2.45, 2.75) is 39.3 Å². The molecule has 2 unspecified atom stereocenters. The standard InChI is InChI=1S/C14H26N2O/c1-11(2)9-12(3)15-10-13(16(4)5)14-7-6-8-17-14/h6-8,11-13,15H,9-10H2,1-5H3. The van der Waals surface area contributed by atoms with Gasteiger partial charge in [0.15, 0.2) is 0 Å². The number of hydrogen-bond donors (Lipinski definition) is 1. The van der Waals surface area contributed by atoms with E-state index >= 15 is 0 Å². The summed E-state index contributed by atoms with van der Waals surface area (Å²) >= 11 is 0. The summed E-state index contributed by atoms with van der Waals surface area (Å²) in [6.45, 7) is 7.69. The van der Waals surface area contributed by atoms with E-state index < -0.39 is 0 Å². The van der Waals surface area contributed by atoms with Gasteiger partial charge in [0, 0.05) is 12.6 Å². The van der Waals surface area contributed by atoms with E-state index in [0.717, 1.165) is 18.2 Å². The third-order valence-corrected chi connectivity index (χ3v) is 2.98. The minimum Gasteiger partial charge on any atom is -0.468 e. The molecule has 2 atom stereocenters. The van der Waals surface area contributed by atoms with Gasteiger partial charge in [-0.05, 0) is 45.5 Å². The van der Waals surface area contributed by atoms with E-state index in [-0.39, 0.29) is 0 Å². The summed E-state index contributed by atoms with van der Waals surface area (Å²) < 4.78 is 5.49. The first-order chi connectivity index (χ1) is 8.00. The fourth-order valence-corrected chi connectivity index (χ4v) is 2.12. The minimum absolute atomic E-state index is 0.305. The van der Waals surface area contributed by atoms with Gasteiger partial charge in [-0.15, -0.1) is 0 Å². The van der Waals surface area contributed by atoms with E-state index in [1.807, 2.05) is 12.1 Å². The number of hydrogen-bond acceptors (Lipinski definition) is 3. The Balaban J connectivity index is 2.46. The van der Waals surface area contributed by atoms with E-state index in [4.69, 9.17) is 4.42 Å². The van der Waals surface area contributed by atoms with Gasteiger partial charge >= 0.3 is 0 Å². The van der Waals surface area contributed by atoms with Crippen molar-refractivity contribution in [1.82, 2.24) is 10.2 Å². The van der Waals surface area contributed by atoms with Crippen molar-refractivity contribution in [1.29, 1.82) is 0 Å². The molecule has 3 heteroatoms. The first kappa shape index (κ1) is 14.3. The van der Waals surface area contributed by atoms with Crippen molar-refractivity contribution in [3.05, 3.63) is 24.2 Å². The van der Waals surface area contributed by atoms with Crippen LogP contribution in [0.3, 0.4) is 0 Å². The number of furan rings is 1. The van der Waals surface area contributed by atoms with Crippen LogP contribution in [-0.4, -0.2) is 31.6 Å². The van der Waals surface area contributed by atoms with Gasteiger partial charge in [0.2, 0.25) is 0 Å². The molecule has 3 nitrogen and oxygen atoms in total. The molecule has 1 heterocycles. The number of nitrogens with one attached hydrogen (secondary N) is 1. The lowest BCUT2D eigenvalue weighted by Crippen LogP contribution is -2.36. The molecule has 1 aromatic rings. The Morgan fingerprint density at radius 2 is 2.00 bits per heavy atom. The van der Waals surface area contributed by atoms with Crippen molar-refractivity contribution >= 4 is 0 Å². The fourth-order valence-electron chi connectivity index (χ4n) is 2.12. The van der Waals surface area contributed by atoms with E-state index in [9.17, 15) is 0 Å². The Labute approximate surface area is 105 Å². The lowest BCUT2D eigenvalue weighted by Gasteiger charge is -2.25. The molecular formula is C14H26N2O. The van der Waals surface area contributed by atoms with Crippen LogP contribution in [0.25, 0.3) is 0 Å². The molecule has 0 saturated carbocycles. The Morgan fingerprint density at radius 1 is 1.29 bits per heavy atom. The molecule has 1 N–H and O–H groups in total. The van der Waals surface area contributed by atoms with Gasteiger partial charge in [0.05, 0.1) is 12.3 Å². The number of likely N-dealkylation sites (N-methyl/N-ethyl adjacent to an activating group) is 1. The third kappa shape index (κ3) is 4.92. The van der Waals surface area contributed by atoms with Gasteiger partial charge in [0.25, 0.3) is 0 Å². The summed E-state index contributed by atoms with van der Waals surface area (Å²) in [5.41, 5.74) is 0. The van der Waals surface area contributed by atoms with Crippen molar-refractivity contribution in [3.63, 3.8) is 0 Å². The van der Waals surface area contributed by atoms with Gasteiger partial charge in [-0.2, -0.15) is 0 Å². The molecule has 0 aromatic carbocycles. The molecule has 1 rings (SSSR count). The van der Waals surface area contributed by atoms with Gasteiger partial charge in [-0.25, -0.2) is 0 Å². The SMILES string of the molecule is CC(C)CC(C)NCC(c1ccco1)N(C)C. The van der Waals surface area contributed by atoms with E-state index in [0.29, 0.717) is 12.1 Å². The second-order valence-corrected chi connectivity index (χ2v) is 5.43. The zero-order valence-electron chi connectivity index (χ0n) is 11.7.